The molecule has 2 amide bonds. The third-order valence-electron chi connectivity index (χ3n) is 4.64. The van der Waals surface area contributed by atoms with Gasteiger partial charge in [-0.1, -0.05) is 52.0 Å². The summed E-state index contributed by atoms with van der Waals surface area (Å²) < 4.78 is 6.80. The Balaban J connectivity index is 1.77. The van der Waals surface area contributed by atoms with Gasteiger partial charge in [-0.2, -0.15) is 0 Å². The average molecular weight is 447 g/mol. The molecule has 28 heavy (non-hydrogen) atoms. The van der Waals surface area contributed by atoms with Crippen LogP contribution in [0.5, 0.6) is 5.75 Å². The molecule has 0 fully saturated rings. The molecule has 0 unspecified atom stereocenters. The number of urea groups is 1. The topological polar surface area (TPSA) is 50.4 Å². The van der Waals surface area contributed by atoms with Crippen LogP contribution in [0.25, 0.3) is 0 Å². The van der Waals surface area contributed by atoms with Gasteiger partial charge in [-0.25, -0.2) is 4.79 Å². The van der Waals surface area contributed by atoms with E-state index in [1.165, 1.54) is 5.56 Å². The Hall–Kier alpha value is -2.01. The van der Waals surface area contributed by atoms with Crippen LogP contribution in [0.1, 0.15) is 50.8 Å². The van der Waals surface area contributed by atoms with Crippen LogP contribution in [0.4, 0.5) is 10.5 Å². The summed E-state index contributed by atoms with van der Waals surface area (Å²) in [5.41, 5.74) is 4.48. The molecule has 2 N–H and O–H groups in total. The SMILES string of the molecule is CCc1cccc(C)c1NC(=O)NCCCOc1ccc(C(C)(C)C)cc1Br. The average Bonchev–Trinajstić information content (AvgIpc) is 2.63. The Labute approximate surface area is 177 Å². The van der Waals surface area contributed by atoms with Crippen LogP contribution < -0.4 is 15.4 Å². The highest BCUT2D eigenvalue weighted by Crippen LogP contribution is 2.31. The van der Waals surface area contributed by atoms with Crippen molar-refractivity contribution < 1.29 is 9.53 Å². The minimum Gasteiger partial charge on any atom is -0.492 e. The highest BCUT2D eigenvalue weighted by atomic mass is 79.9. The van der Waals surface area contributed by atoms with Crippen LogP contribution >= 0.6 is 15.9 Å². The molecule has 0 heterocycles. The predicted molar refractivity (Wildman–Crippen MR) is 121 cm³/mol. The normalized spacial score (nSPS) is 11.2. The van der Waals surface area contributed by atoms with E-state index < -0.39 is 0 Å². The van der Waals surface area contributed by atoms with Gasteiger partial charge >= 0.3 is 6.03 Å². The fourth-order valence-corrected chi connectivity index (χ4v) is 3.39. The number of rotatable bonds is 7. The number of amides is 2. The molecule has 0 saturated carbocycles. The van der Waals surface area contributed by atoms with E-state index in [1.54, 1.807) is 0 Å². The molecule has 0 aliphatic carbocycles. The number of ether oxygens (including phenoxy) is 1. The number of halogens is 1. The molecule has 0 bridgehead atoms. The lowest BCUT2D eigenvalue weighted by atomic mass is 9.87. The monoisotopic (exact) mass is 446 g/mol. The maximum Gasteiger partial charge on any atom is 0.319 e. The first-order valence-electron chi connectivity index (χ1n) is 9.78. The molecule has 0 atom stereocenters. The minimum absolute atomic E-state index is 0.104. The van der Waals surface area contributed by atoms with E-state index >= 15 is 0 Å². The Morgan fingerprint density at radius 1 is 1.18 bits per heavy atom. The highest BCUT2D eigenvalue weighted by Gasteiger charge is 2.15. The van der Waals surface area contributed by atoms with Crippen LogP contribution in [0, 0.1) is 6.92 Å². The standard InChI is InChI=1S/C23H31BrN2O2/c1-6-17-10-7-9-16(2)21(17)26-22(27)25-13-8-14-28-20-12-11-18(15-19(20)24)23(3,4)5/h7,9-12,15H,6,8,13-14H2,1-5H3,(H2,25,26,27). The van der Waals surface area contributed by atoms with Gasteiger partial charge in [0.2, 0.25) is 0 Å². The van der Waals surface area contributed by atoms with Crippen molar-refractivity contribution in [1.29, 1.82) is 0 Å². The van der Waals surface area contributed by atoms with Gasteiger partial charge in [0.1, 0.15) is 5.75 Å². The van der Waals surface area contributed by atoms with Gasteiger partial charge in [0.25, 0.3) is 0 Å². The molecule has 2 rings (SSSR count). The lowest BCUT2D eigenvalue weighted by molar-refractivity contribution is 0.250. The molecule has 0 aliphatic heterocycles. The largest absolute Gasteiger partial charge is 0.492 e. The Morgan fingerprint density at radius 2 is 1.93 bits per heavy atom. The second-order valence-electron chi connectivity index (χ2n) is 7.94. The molecule has 2 aromatic carbocycles. The predicted octanol–water partition coefficient (Wildman–Crippen LogP) is 6.21. The lowest BCUT2D eigenvalue weighted by Crippen LogP contribution is -2.31. The van der Waals surface area contributed by atoms with Crippen LogP contribution in [-0.4, -0.2) is 19.2 Å². The van der Waals surface area contributed by atoms with Crippen molar-refractivity contribution in [3.63, 3.8) is 0 Å². The van der Waals surface area contributed by atoms with Crippen LogP contribution in [0.15, 0.2) is 40.9 Å². The molecule has 2 aromatic rings. The zero-order chi connectivity index (χ0) is 20.7. The maximum atomic E-state index is 12.2. The first-order valence-corrected chi connectivity index (χ1v) is 10.6. The number of aryl methyl sites for hydroxylation is 2. The van der Waals surface area contributed by atoms with Gasteiger partial charge in [-0.3, -0.25) is 0 Å². The fraction of sp³-hybridized carbons (Fsp3) is 0.435. The van der Waals surface area contributed by atoms with Crippen molar-refractivity contribution >= 4 is 27.6 Å². The van der Waals surface area contributed by atoms with Crippen molar-refractivity contribution in [3.8, 4) is 5.75 Å². The number of hydrogen-bond donors (Lipinski definition) is 2. The molecular formula is C23H31BrN2O2. The van der Waals surface area contributed by atoms with E-state index in [0.29, 0.717) is 13.2 Å². The zero-order valence-corrected chi connectivity index (χ0v) is 19.1. The van der Waals surface area contributed by atoms with Crippen molar-refractivity contribution in [2.75, 3.05) is 18.5 Å². The first-order chi connectivity index (χ1) is 13.2. The Kier molecular flexibility index (Phi) is 7.93. The molecule has 0 aromatic heterocycles. The van der Waals surface area contributed by atoms with E-state index in [4.69, 9.17) is 4.74 Å². The lowest BCUT2D eigenvalue weighted by Gasteiger charge is -2.20. The van der Waals surface area contributed by atoms with E-state index in [9.17, 15) is 4.79 Å². The van der Waals surface area contributed by atoms with E-state index in [1.807, 2.05) is 31.2 Å². The Bertz CT molecular complexity index is 813. The number of benzene rings is 2. The summed E-state index contributed by atoms with van der Waals surface area (Å²) >= 11 is 3.58. The van der Waals surface area contributed by atoms with E-state index in [2.05, 4.69) is 66.4 Å². The number of carbonyl (C=O) groups is 1. The fourth-order valence-electron chi connectivity index (χ4n) is 2.90. The summed E-state index contributed by atoms with van der Waals surface area (Å²) in [6.45, 7) is 11.7. The van der Waals surface area contributed by atoms with Crippen LogP contribution in [0.2, 0.25) is 0 Å². The smallest absolute Gasteiger partial charge is 0.319 e. The summed E-state index contributed by atoms with van der Waals surface area (Å²) in [5.74, 6) is 0.824. The van der Waals surface area contributed by atoms with Gasteiger partial charge in [0.15, 0.2) is 0 Å². The quantitative estimate of drug-likeness (QED) is 0.496. The van der Waals surface area contributed by atoms with E-state index in [-0.39, 0.29) is 11.4 Å². The summed E-state index contributed by atoms with van der Waals surface area (Å²) in [4.78, 5) is 12.2. The molecule has 5 heteroatoms. The van der Waals surface area contributed by atoms with Gasteiger partial charge in [-0.15, -0.1) is 0 Å². The number of anilines is 1. The number of nitrogens with one attached hydrogen (secondary N) is 2. The van der Waals surface area contributed by atoms with Crippen molar-refractivity contribution in [2.45, 2.75) is 52.9 Å². The summed E-state index contributed by atoms with van der Waals surface area (Å²) in [5, 5.41) is 5.87. The maximum absolute atomic E-state index is 12.2. The van der Waals surface area contributed by atoms with Crippen LogP contribution in [-0.2, 0) is 11.8 Å². The van der Waals surface area contributed by atoms with E-state index in [0.717, 1.165) is 39.9 Å². The summed E-state index contributed by atoms with van der Waals surface area (Å²) in [6, 6.07) is 12.1. The summed E-state index contributed by atoms with van der Waals surface area (Å²) in [7, 11) is 0. The van der Waals surface area contributed by atoms with Gasteiger partial charge in [0.05, 0.1) is 11.1 Å². The number of carbonyl (C=O) groups excluding carboxylic acids is 1. The van der Waals surface area contributed by atoms with Gasteiger partial charge in [-0.05, 0) is 69.9 Å². The number of hydrogen-bond acceptors (Lipinski definition) is 2. The molecule has 0 spiro atoms. The molecule has 152 valence electrons. The third-order valence-corrected chi connectivity index (χ3v) is 5.26. The molecular weight excluding hydrogens is 416 g/mol. The van der Waals surface area contributed by atoms with Crippen molar-refractivity contribution in [2.24, 2.45) is 0 Å². The van der Waals surface area contributed by atoms with Crippen molar-refractivity contribution in [3.05, 3.63) is 57.6 Å². The molecule has 4 nitrogen and oxygen atoms in total. The molecule has 0 aliphatic rings. The molecule has 0 saturated heterocycles. The third kappa shape index (κ3) is 6.26. The second kappa shape index (κ2) is 9.97. The highest BCUT2D eigenvalue weighted by molar-refractivity contribution is 9.10. The summed E-state index contributed by atoms with van der Waals surface area (Å²) in [6.07, 6.45) is 1.61. The van der Waals surface area contributed by atoms with Crippen LogP contribution in [0.3, 0.4) is 0 Å². The first kappa shape index (κ1) is 22.3. The minimum atomic E-state index is -0.181. The molecule has 0 radical (unpaired) electrons. The zero-order valence-electron chi connectivity index (χ0n) is 17.5. The van der Waals surface area contributed by atoms with Crippen molar-refractivity contribution in [1.82, 2.24) is 5.32 Å². The second-order valence-corrected chi connectivity index (χ2v) is 8.80. The van der Waals surface area contributed by atoms with Gasteiger partial charge < -0.3 is 15.4 Å². The van der Waals surface area contributed by atoms with Gasteiger partial charge in [0, 0.05) is 12.2 Å². The number of para-hydroxylation sites is 1. The Morgan fingerprint density at radius 3 is 2.57 bits per heavy atom.